The van der Waals surface area contributed by atoms with Gasteiger partial charge in [0.05, 0.1) is 0 Å². The van der Waals surface area contributed by atoms with Gasteiger partial charge in [-0.3, -0.25) is 4.98 Å². The molecule has 1 fully saturated rings. The van der Waals surface area contributed by atoms with Gasteiger partial charge in [0.15, 0.2) is 0 Å². The highest BCUT2D eigenvalue weighted by molar-refractivity contribution is 8.00. The average molecular weight is 251 g/mol. The highest BCUT2D eigenvalue weighted by Gasteiger charge is 2.18. The second-order valence-electron chi connectivity index (χ2n) is 4.41. The van der Waals surface area contributed by atoms with E-state index in [1.54, 1.807) is 0 Å². The van der Waals surface area contributed by atoms with E-state index in [2.05, 4.69) is 46.9 Å². The van der Waals surface area contributed by atoms with Crippen LogP contribution in [0.5, 0.6) is 0 Å². The zero-order valence-electron chi connectivity index (χ0n) is 10.6. The molecule has 1 aliphatic rings. The Hall–Kier alpha value is -0.740. The molecule has 3 nitrogen and oxygen atoms in total. The maximum absolute atomic E-state index is 4.24. The van der Waals surface area contributed by atoms with Gasteiger partial charge in [-0.25, -0.2) is 0 Å². The summed E-state index contributed by atoms with van der Waals surface area (Å²) in [5, 5.41) is 4.11. The number of hydrogen-bond acceptors (Lipinski definition) is 4. The van der Waals surface area contributed by atoms with Gasteiger partial charge in [0, 0.05) is 54.3 Å². The van der Waals surface area contributed by atoms with E-state index in [-0.39, 0.29) is 0 Å². The van der Waals surface area contributed by atoms with Gasteiger partial charge in [-0.05, 0) is 12.6 Å². The Morgan fingerprint density at radius 1 is 1.59 bits per heavy atom. The molecular formula is C13H21N3S. The third-order valence-corrected chi connectivity index (χ3v) is 4.16. The lowest BCUT2D eigenvalue weighted by Gasteiger charge is -2.33. The summed E-state index contributed by atoms with van der Waals surface area (Å²) in [5.74, 6) is 1.23. The fraction of sp³-hybridized carbons (Fsp3) is 0.615. The first-order valence-electron chi connectivity index (χ1n) is 6.31. The molecule has 1 aliphatic heterocycles. The van der Waals surface area contributed by atoms with E-state index in [0.29, 0.717) is 0 Å². The minimum absolute atomic E-state index is 0.726. The van der Waals surface area contributed by atoms with E-state index < -0.39 is 0 Å². The number of nitrogens with one attached hydrogen (secondary N) is 1. The minimum Gasteiger partial charge on any atom is -0.369 e. The Balaban J connectivity index is 2.12. The van der Waals surface area contributed by atoms with Crippen molar-refractivity contribution < 1.29 is 0 Å². The van der Waals surface area contributed by atoms with Crippen molar-refractivity contribution in [3.63, 3.8) is 0 Å². The van der Waals surface area contributed by atoms with Crippen LogP contribution in [0, 0.1) is 0 Å². The van der Waals surface area contributed by atoms with Crippen molar-refractivity contribution >= 4 is 17.4 Å². The smallest absolute Gasteiger partial charge is 0.0443 e. The van der Waals surface area contributed by atoms with Crippen LogP contribution in [0.25, 0.3) is 0 Å². The first-order valence-corrected chi connectivity index (χ1v) is 7.36. The molecule has 0 aliphatic carbocycles. The van der Waals surface area contributed by atoms with Gasteiger partial charge in [-0.2, -0.15) is 11.8 Å². The van der Waals surface area contributed by atoms with Crippen molar-refractivity contribution in [3.05, 3.63) is 24.0 Å². The number of nitrogens with zero attached hydrogens (tertiary/aromatic N) is 2. The molecule has 1 aromatic rings. The summed E-state index contributed by atoms with van der Waals surface area (Å²) in [4.78, 5) is 6.74. The molecule has 1 saturated heterocycles. The van der Waals surface area contributed by atoms with Gasteiger partial charge < -0.3 is 10.2 Å². The zero-order valence-corrected chi connectivity index (χ0v) is 11.5. The molecule has 4 heteroatoms. The molecule has 1 atom stereocenters. The highest BCUT2D eigenvalue weighted by atomic mass is 32.2. The summed E-state index contributed by atoms with van der Waals surface area (Å²) in [6.45, 7) is 8.65. The molecule has 17 heavy (non-hydrogen) atoms. The Bertz CT molecular complexity index is 356. The number of pyridine rings is 1. The third kappa shape index (κ3) is 3.36. The Morgan fingerprint density at radius 3 is 3.24 bits per heavy atom. The van der Waals surface area contributed by atoms with Gasteiger partial charge in [-0.1, -0.05) is 13.8 Å². The van der Waals surface area contributed by atoms with Crippen molar-refractivity contribution in [1.82, 2.24) is 10.3 Å². The van der Waals surface area contributed by atoms with Crippen LogP contribution < -0.4 is 10.2 Å². The van der Waals surface area contributed by atoms with Crippen LogP contribution in [0.3, 0.4) is 0 Å². The fourth-order valence-electron chi connectivity index (χ4n) is 2.16. The first kappa shape index (κ1) is 12.7. The topological polar surface area (TPSA) is 28.2 Å². The molecule has 0 saturated carbocycles. The van der Waals surface area contributed by atoms with Crippen molar-refractivity contribution in [2.75, 3.05) is 30.3 Å². The van der Waals surface area contributed by atoms with E-state index in [0.717, 1.165) is 31.4 Å². The van der Waals surface area contributed by atoms with Crippen LogP contribution in [0.15, 0.2) is 18.5 Å². The molecular weight excluding hydrogens is 230 g/mol. The first-order chi connectivity index (χ1) is 8.31. The molecule has 1 N–H and O–H groups in total. The molecule has 0 amide bonds. The number of aromatic nitrogens is 1. The van der Waals surface area contributed by atoms with Gasteiger partial charge >= 0.3 is 0 Å². The van der Waals surface area contributed by atoms with E-state index in [9.17, 15) is 0 Å². The average Bonchev–Trinajstić information content (AvgIpc) is 2.37. The summed E-state index contributed by atoms with van der Waals surface area (Å²) in [6, 6.07) is 2.15. The molecule has 0 spiro atoms. The van der Waals surface area contributed by atoms with Gasteiger partial charge in [0.1, 0.15) is 0 Å². The largest absolute Gasteiger partial charge is 0.369 e. The van der Waals surface area contributed by atoms with Crippen LogP contribution >= 0.6 is 11.8 Å². The lowest BCUT2D eigenvalue weighted by atomic mass is 10.2. The number of hydrogen-bond donors (Lipinski definition) is 1. The standard InChI is InChI=1S/C13H21N3S/c1-3-14-8-12-9-15-5-4-13(12)16-6-7-17-11(2)10-16/h4-5,9,11,14H,3,6-8,10H2,1-2H3. The zero-order chi connectivity index (χ0) is 12.1. The fourth-order valence-corrected chi connectivity index (χ4v) is 3.17. The lowest BCUT2D eigenvalue weighted by molar-refractivity contribution is 0.712. The lowest BCUT2D eigenvalue weighted by Crippen LogP contribution is -2.37. The third-order valence-electron chi connectivity index (χ3n) is 3.03. The molecule has 2 heterocycles. The molecule has 0 radical (unpaired) electrons. The second-order valence-corrected chi connectivity index (χ2v) is 5.96. The molecule has 1 unspecified atom stereocenters. The van der Waals surface area contributed by atoms with Crippen LogP contribution in [-0.2, 0) is 6.54 Å². The van der Waals surface area contributed by atoms with Gasteiger partial charge in [0.25, 0.3) is 0 Å². The molecule has 0 bridgehead atoms. The molecule has 0 aromatic carbocycles. The maximum Gasteiger partial charge on any atom is 0.0443 e. The van der Waals surface area contributed by atoms with Crippen molar-refractivity contribution in [2.45, 2.75) is 25.6 Å². The summed E-state index contributed by atoms with van der Waals surface area (Å²) in [7, 11) is 0. The van der Waals surface area contributed by atoms with Crippen molar-refractivity contribution in [3.8, 4) is 0 Å². The Morgan fingerprint density at radius 2 is 2.47 bits per heavy atom. The van der Waals surface area contributed by atoms with Crippen LogP contribution in [0.1, 0.15) is 19.4 Å². The SMILES string of the molecule is CCNCc1cnccc1N1CCSC(C)C1. The minimum atomic E-state index is 0.726. The van der Waals surface area contributed by atoms with Gasteiger partial charge in [0.2, 0.25) is 0 Å². The predicted octanol–water partition coefficient (Wildman–Crippen LogP) is 2.13. The monoisotopic (exact) mass is 251 g/mol. The predicted molar refractivity (Wildman–Crippen MR) is 75.8 cm³/mol. The second kappa shape index (κ2) is 6.26. The Labute approximate surface area is 108 Å². The summed E-state index contributed by atoms with van der Waals surface area (Å²) < 4.78 is 0. The molecule has 94 valence electrons. The number of thioether (sulfide) groups is 1. The normalized spacial score (nSPS) is 20.6. The summed E-state index contributed by atoms with van der Waals surface area (Å²) in [6.07, 6.45) is 3.89. The van der Waals surface area contributed by atoms with E-state index in [4.69, 9.17) is 0 Å². The van der Waals surface area contributed by atoms with Crippen LogP contribution in [-0.4, -0.2) is 35.6 Å². The Kier molecular flexibility index (Phi) is 4.68. The van der Waals surface area contributed by atoms with Crippen molar-refractivity contribution in [1.29, 1.82) is 0 Å². The van der Waals surface area contributed by atoms with Crippen LogP contribution in [0.2, 0.25) is 0 Å². The molecule has 1 aromatic heterocycles. The summed E-state index contributed by atoms with van der Waals surface area (Å²) in [5.41, 5.74) is 2.67. The number of rotatable bonds is 4. The maximum atomic E-state index is 4.24. The van der Waals surface area contributed by atoms with Crippen molar-refractivity contribution in [2.24, 2.45) is 0 Å². The highest BCUT2D eigenvalue weighted by Crippen LogP contribution is 2.26. The summed E-state index contributed by atoms with van der Waals surface area (Å²) >= 11 is 2.07. The van der Waals surface area contributed by atoms with E-state index in [1.165, 1.54) is 17.0 Å². The quantitative estimate of drug-likeness (QED) is 0.887. The van der Waals surface area contributed by atoms with Gasteiger partial charge in [-0.15, -0.1) is 0 Å². The van der Waals surface area contributed by atoms with Crippen LogP contribution in [0.4, 0.5) is 5.69 Å². The van der Waals surface area contributed by atoms with E-state index >= 15 is 0 Å². The van der Waals surface area contributed by atoms with E-state index in [1.807, 2.05) is 12.4 Å². The molecule has 2 rings (SSSR count). The number of anilines is 1.